The second-order valence-electron chi connectivity index (χ2n) is 6.05. The molecular formula is C21H26ClNO3S. The van der Waals surface area contributed by atoms with E-state index in [9.17, 15) is 4.79 Å². The molecule has 0 fully saturated rings. The van der Waals surface area contributed by atoms with Crippen LogP contribution in [0.2, 0.25) is 5.02 Å². The standard InChI is InChI=1S/C21H26ClNO3S/c1-5-17(14-7-12-18(25-3)19(13-14)26-4)23-21(24)20(6-2)27-16-10-8-15(22)9-11-16/h7-13,17,20H,5-6H2,1-4H3,(H,23,24)/t17-,20-/m0/s1. The number of hydrogen-bond donors (Lipinski definition) is 1. The summed E-state index contributed by atoms with van der Waals surface area (Å²) in [6.45, 7) is 4.07. The molecule has 0 saturated carbocycles. The van der Waals surface area contributed by atoms with E-state index >= 15 is 0 Å². The first-order valence-corrected chi connectivity index (χ1v) is 10.2. The lowest BCUT2D eigenvalue weighted by Crippen LogP contribution is -2.35. The normalized spacial score (nSPS) is 12.9. The third-order valence-electron chi connectivity index (χ3n) is 4.29. The third kappa shape index (κ3) is 5.81. The minimum absolute atomic E-state index is 0.0269. The number of amides is 1. The summed E-state index contributed by atoms with van der Waals surface area (Å²) in [5.41, 5.74) is 0.995. The van der Waals surface area contributed by atoms with E-state index in [1.54, 1.807) is 26.0 Å². The van der Waals surface area contributed by atoms with Crippen LogP contribution in [-0.4, -0.2) is 25.4 Å². The van der Waals surface area contributed by atoms with Crippen LogP contribution in [0.3, 0.4) is 0 Å². The van der Waals surface area contributed by atoms with Crippen LogP contribution < -0.4 is 14.8 Å². The van der Waals surface area contributed by atoms with E-state index in [-0.39, 0.29) is 17.2 Å². The van der Waals surface area contributed by atoms with Gasteiger partial charge in [-0.3, -0.25) is 4.79 Å². The van der Waals surface area contributed by atoms with Crippen molar-refractivity contribution < 1.29 is 14.3 Å². The zero-order valence-electron chi connectivity index (χ0n) is 16.1. The number of carbonyl (C=O) groups excluding carboxylic acids is 1. The van der Waals surface area contributed by atoms with E-state index in [2.05, 4.69) is 12.2 Å². The molecule has 146 valence electrons. The van der Waals surface area contributed by atoms with E-state index < -0.39 is 0 Å². The van der Waals surface area contributed by atoms with Gasteiger partial charge < -0.3 is 14.8 Å². The van der Waals surface area contributed by atoms with Crippen LogP contribution in [-0.2, 0) is 4.79 Å². The number of rotatable bonds is 9. The molecule has 6 heteroatoms. The van der Waals surface area contributed by atoms with Crippen LogP contribution in [0.1, 0.15) is 38.3 Å². The fraction of sp³-hybridized carbons (Fsp3) is 0.381. The molecule has 0 unspecified atom stereocenters. The Kier molecular flexibility index (Phi) is 8.32. The molecule has 0 aliphatic rings. The second kappa shape index (κ2) is 10.5. The summed E-state index contributed by atoms with van der Waals surface area (Å²) in [7, 11) is 3.22. The van der Waals surface area contributed by atoms with Crippen molar-refractivity contribution in [2.45, 2.75) is 42.9 Å². The van der Waals surface area contributed by atoms with E-state index in [0.717, 1.165) is 23.3 Å². The van der Waals surface area contributed by atoms with Crippen LogP contribution in [0, 0.1) is 0 Å². The summed E-state index contributed by atoms with van der Waals surface area (Å²) in [5.74, 6) is 1.36. The van der Waals surface area contributed by atoms with Gasteiger partial charge in [-0.2, -0.15) is 0 Å². The van der Waals surface area contributed by atoms with Crippen molar-refractivity contribution in [2.24, 2.45) is 0 Å². The molecule has 4 nitrogen and oxygen atoms in total. The molecule has 2 rings (SSSR count). The van der Waals surface area contributed by atoms with Gasteiger partial charge in [-0.15, -0.1) is 11.8 Å². The van der Waals surface area contributed by atoms with E-state index in [1.807, 2.05) is 49.4 Å². The fourth-order valence-electron chi connectivity index (χ4n) is 2.76. The minimum Gasteiger partial charge on any atom is -0.493 e. The number of thioether (sulfide) groups is 1. The molecule has 0 bridgehead atoms. The molecule has 1 amide bonds. The van der Waals surface area contributed by atoms with Gasteiger partial charge in [0, 0.05) is 9.92 Å². The number of hydrogen-bond acceptors (Lipinski definition) is 4. The van der Waals surface area contributed by atoms with Gasteiger partial charge in [0.15, 0.2) is 11.5 Å². The number of methoxy groups -OCH3 is 2. The molecule has 2 atom stereocenters. The highest BCUT2D eigenvalue weighted by molar-refractivity contribution is 8.00. The van der Waals surface area contributed by atoms with Gasteiger partial charge in [-0.25, -0.2) is 0 Å². The Morgan fingerprint density at radius 3 is 2.26 bits per heavy atom. The first-order valence-electron chi connectivity index (χ1n) is 8.96. The predicted molar refractivity (Wildman–Crippen MR) is 112 cm³/mol. The molecule has 0 aromatic heterocycles. The molecule has 27 heavy (non-hydrogen) atoms. The average Bonchev–Trinajstić information content (AvgIpc) is 2.70. The molecular weight excluding hydrogens is 382 g/mol. The van der Waals surface area contributed by atoms with Crippen molar-refractivity contribution in [1.29, 1.82) is 0 Å². The van der Waals surface area contributed by atoms with Gasteiger partial charge >= 0.3 is 0 Å². The van der Waals surface area contributed by atoms with Crippen molar-refractivity contribution >= 4 is 29.3 Å². The van der Waals surface area contributed by atoms with Crippen molar-refractivity contribution in [2.75, 3.05) is 14.2 Å². The van der Waals surface area contributed by atoms with Crippen molar-refractivity contribution in [3.63, 3.8) is 0 Å². The fourth-order valence-corrected chi connectivity index (χ4v) is 3.84. The number of benzene rings is 2. The molecule has 0 heterocycles. The molecule has 0 aliphatic heterocycles. The molecule has 2 aromatic carbocycles. The molecule has 0 radical (unpaired) electrons. The van der Waals surface area contributed by atoms with Gasteiger partial charge in [0.25, 0.3) is 0 Å². The Bertz CT molecular complexity index is 752. The van der Waals surface area contributed by atoms with Gasteiger partial charge in [-0.05, 0) is 54.8 Å². The van der Waals surface area contributed by atoms with E-state index in [4.69, 9.17) is 21.1 Å². The van der Waals surface area contributed by atoms with Crippen LogP contribution in [0.5, 0.6) is 11.5 Å². The average molecular weight is 408 g/mol. The summed E-state index contributed by atoms with van der Waals surface area (Å²) < 4.78 is 10.7. The highest BCUT2D eigenvalue weighted by atomic mass is 35.5. The predicted octanol–water partition coefficient (Wildman–Crippen LogP) is 5.50. The Morgan fingerprint density at radius 1 is 1.04 bits per heavy atom. The highest BCUT2D eigenvalue weighted by Gasteiger charge is 2.22. The van der Waals surface area contributed by atoms with Crippen molar-refractivity contribution in [1.82, 2.24) is 5.32 Å². The highest BCUT2D eigenvalue weighted by Crippen LogP contribution is 2.32. The maximum Gasteiger partial charge on any atom is 0.233 e. The van der Waals surface area contributed by atoms with Gasteiger partial charge in [0.1, 0.15) is 0 Å². The number of halogens is 1. The maximum atomic E-state index is 12.9. The lowest BCUT2D eigenvalue weighted by atomic mass is 10.0. The first-order chi connectivity index (χ1) is 13.0. The lowest BCUT2D eigenvalue weighted by molar-refractivity contribution is -0.121. The molecule has 0 saturated heterocycles. The third-order valence-corrected chi connectivity index (χ3v) is 5.92. The topological polar surface area (TPSA) is 47.6 Å². The van der Waals surface area contributed by atoms with Crippen LogP contribution in [0.25, 0.3) is 0 Å². The molecule has 2 aromatic rings. The zero-order valence-corrected chi connectivity index (χ0v) is 17.7. The van der Waals surface area contributed by atoms with Gasteiger partial charge in [-0.1, -0.05) is 31.5 Å². The summed E-state index contributed by atoms with van der Waals surface area (Å²) in [6, 6.07) is 13.2. The molecule has 1 N–H and O–H groups in total. The number of carbonyl (C=O) groups is 1. The Morgan fingerprint density at radius 2 is 1.70 bits per heavy atom. The van der Waals surface area contributed by atoms with E-state index in [0.29, 0.717) is 16.5 Å². The van der Waals surface area contributed by atoms with Crippen LogP contribution >= 0.6 is 23.4 Å². The van der Waals surface area contributed by atoms with Crippen molar-refractivity contribution in [3.8, 4) is 11.5 Å². The monoisotopic (exact) mass is 407 g/mol. The minimum atomic E-state index is -0.166. The Labute approximate surface area is 170 Å². The Hall–Kier alpha value is -1.85. The van der Waals surface area contributed by atoms with Gasteiger partial charge in [0.2, 0.25) is 5.91 Å². The maximum absolute atomic E-state index is 12.9. The number of nitrogens with one attached hydrogen (secondary N) is 1. The SMILES string of the molecule is CC[C@H](Sc1ccc(Cl)cc1)C(=O)N[C@@H](CC)c1ccc(OC)c(OC)c1. The summed E-state index contributed by atoms with van der Waals surface area (Å²) >= 11 is 7.49. The zero-order chi connectivity index (χ0) is 19.8. The summed E-state index contributed by atoms with van der Waals surface area (Å²) in [6.07, 6.45) is 1.52. The quantitative estimate of drug-likeness (QED) is 0.558. The lowest BCUT2D eigenvalue weighted by Gasteiger charge is -2.22. The summed E-state index contributed by atoms with van der Waals surface area (Å²) in [4.78, 5) is 13.9. The number of ether oxygens (including phenoxy) is 2. The Balaban J connectivity index is 2.11. The smallest absolute Gasteiger partial charge is 0.233 e. The molecule has 0 aliphatic carbocycles. The molecule has 0 spiro atoms. The van der Waals surface area contributed by atoms with Crippen LogP contribution in [0.4, 0.5) is 0 Å². The summed E-state index contributed by atoms with van der Waals surface area (Å²) in [5, 5.41) is 3.70. The van der Waals surface area contributed by atoms with Crippen LogP contribution in [0.15, 0.2) is 47.4 Å². The second-order valence-corrected chi connectivity index (χ2v) is 7.77. The van der Waals surface area contributed by atoms with Crippen molar-refractivity contribution in [3.05, 3.63) is 53.1 Å². The first kappa shape index (κ1) is 21.5. The van der Waals surface area contributed by atoms with E-state index in [1.165, 1.54) is 0 Å². The van der Waals surface area contributed by atoms with Gasteiger partial charge in [0.05, 0.1) is 25.5 Å². The largest absolute Gasteiger partial charge is 0.493 e.